The normalized spacial score (nSPS) is 12.3. The van der Waals surface area contributed by atoms with Gasteiger partial charge in [0.25, 0.3) is 0 Å². The Bertz CT molecular complexity index is 601. The Labute approximate surface area is 118 Å². The maximum Gasteiger partial charge on any atom is 0.0633 e. The summed E-state index contributed by atoms with van der Waals surface area (Å²) < 4.78 is 12.2. The molecule has 0 radical (unpaired) electrons. The molecule has 0 saturated carbocycles. The smallest absolute Gasteiger partial charge is 0.0633 e. The highest BCUT2D eigenvalue weighted by Gasteiger charge is 2.10. The van der Waals surface area contributed by atoms with Crippen LogP contribution < -0.4 is 5.73 Å². The lowest BCUT2D eigenvalue weighted by molar-refractivity contribution is 0.682. The summed E-state index contributed by atoms with van der Waals surface area (Å²) >= 11 is 12.0. The number of benzene rings is 2. The van der Waals surface area contributed by atoms with Gasteiger partial charge in [-0.3, -0.25) is 4.21 Å². The third kappa shape index (κ3) is 3.05. The molecule has 1 unspecified atom stereocenters. The Morgan fingerprint density at radius 1 is 1.11 bits per heavy atom. The number of hydrogen-bond donors (Lipinski definition) is 1. The minimum Gasteiger partial charge on any atom is -0.399 e. The van der Waals surface area contributed by atoms with E-state index in [0.29, 0.717) is 26.4 Å². The Morgan fingerprint density at radius 3 is 2.56 bits per heavy atom. The summed E-state index contributed by atoms with van der Waals surface area (Å²) in [5.74, 6) is 0.322. The topological polar surface area (TPSA) is 43.1 Å². The molecule has 2 nitrogen and oxygen atoms in total. The molecule has 0 aliphatic heterocycles. The van der Waals surface area contributed by atoms with Crippen LogP contribution in [-0.4, -0.2) is 4.21 Å². The molecule has 2 aromatic carbocycles. The minimum absolute atomic E-state index is 0.322. The van der Waals surface area contributed by atoms with Crippen molar-refractivity contribution in [3.63, 3.8) is 0 Å². The van der Waals surface area contributed by atoms with E-state index < -0.39 is 10.8 Å². The zero-order valence-electron chi connectivity index (χ0n) is 9.40. The Kier molecular flexibility index (Phi) is 4.27. The largest absolute Gasteiger partial charge is 0.399 e. The standard InChI is InChI=1S/C13H11Cl2NOS/c14-12-6-1-3-9(13(12)15)8-18(17)11-5-2-4-10(16)7-11/h1-7H,8,16H2. The molecule has 0 aliphatic carbocycles. The Balaban J connectivity index is 2.24. The van der Waals surface area contributed by atoms with Gasteiger partial charge in [0, 0.05) is 10.6 Å². The SMILES string of the molecule is Nc1cccc(S(=O)Cc2cccc(Cl)c2Cl)c1. The van der Waals surface area contributed by atoms with Gasteiger partial charge in [-0.25, -0.2) is 0 Å². The van der Waals surface area contributed by atoms with E-state index >= 15 is 0 Å². The van der Waals surface area contributed by atoms with Crippen LogP contribution in [0.4, 0.5) is 5.69 Å². The third-order valence-electron chi connectivity index (χ3n) is 2.44. The van der Waals surface area contributed by atoms with E-state index in [-0.39, 0.29) is 0 Å². The van der Waals surface area contributed by atoms with Gasteiger partial charge in [0.05, 0.1) is 26.6 Å². The molecule has 2 N–H and O–H groups in total. The zero-order valence-corrected chi connectivity index (χ0v) is 11.7. The molecular formula is C13H11Cl2NOS. The van der Waals surface area contributed by atoms with Crippen LogP contribution in [0.2, 0.25) is 10.0 Å². The lowest BCUT2D eigenvalue weighted by Gasteiger charge is -2.06. The molecule has 2 aromatic rings. The van der Waals surface area contributed by atoms with E-state index in [2.05, 4.69) is 0 Å². The van der Waals surface area contributed by atoms with Crippen LogP contribution in [0.25, 0.3) is 0 Å². The zero-order chi connectivity index (χ0) is 13.1. The average molecular weight is 300 g/mol. The first kappa shape index (κ1) is 13.4. The number of anilines is 1. The molecule has 18 heavy (non-hydrogen) atoms. The van der Waals surface area contributed by atoms with Gasteiger partial charge in [-0.1, -0.05) is 41.4 Å². The molecule has 0 bridgehead atoms. The van der Waals surface area contributed by atoms with Crippen molar-refractivity contribution in [1.29, 1.82) is 0 Å². The first-order chi connectivity index (χ1) is 8.58. The van der Waals surface area contributed by atoms with Crippen LogP contribution in [0.3, 0.4) is 0 Å². The fourth-order valence-corrected chi connectivity index (χ4v) is 3.19. The van der Waals surface area contributed by atoms with Crippen LogP contribution in [-0.2, 0) is 16.6 Å². The third-order valence-corrected chi connectivity index (χ3v) is 4.65. The molecule has 0 amide bonds. The molecule has 0 aromatic heterocycles. The Morgan fingerprint density at radius 2 is 1.83 bits per heavy atom. The van der Waals surface area contributed by atoms with Crippen LogP contribution in [0.15, 0.2) is 47.4 Å². The van der Waals surface area contributed by atoms with Gasteiger partial charge in [0.2, 0.25) is 0 Å². The van der Waals surface area contributed by atoms with E-state index in [1.807, 2.05) is 6.07 Å². The maximum atomic E-state index is 12.2. The second kappa shape index (κ2) is 5.74. The van der Waals surface area contributed by atoms with Crippen LogP contribution in [0.1, 0.15) is 5.56 Å². The lowest BCUT2D eigenvalue weighted by atomic mass is 10.2. The van der Waals surface area contributed by atoms with Crippen LogP contribution >= 0.6 is 23.2 Å². The van der Waals surface area contributed by atoms with Crippen molar-refractivity contribution >= 4 is 39.7 Å². The molecule has 1 atom stereocenters. The molecule has 0 fully saturated rings. The molecule has 94 valence electrons. The maximum absolute atomic E-state index is 12.2. The monoisotopic (exact) mass is 299 g/mol. The summed E-state index contributed by atoms with van der Waals surface area (Å²) in [5.41, 5.74) is 7.03. The number of nitrogens with two attached hydrogens (primary N) is 1. The quantitative estimate of drug-likeness (QED) is 0.874. The molecule has 0 aliphatic rings. The summed E-state index contributed by atoms with van der Waals surface area (Å²) in [7, 11) is -1.19. The second-order valence-electron chi connectivity index (χ2n) is 3.78. The molecule has 0 heterocycles. The summed E-state index contributed by atoms with van der Waals surface area (Å²) in [4.78, 5) is 0.686. The highest BCUT2D eigenvalue weighted by molar-refractivity contribution is 7.84. The Hall–Kier alpha value is -1.03. The van der Waals surface area contributed by atoms with E-state index in [1.165, 1.54) is 0 Å². The van der Waals surface area contributed by atoms with Gasteiger partial charge < -0.3 is 5.73 Å². The minimum atomic E-state index is -1.19. The molecule has 5 heteroatoms. The number of hydrogen-bond acceptors (Lipinski definition) is 2. The van der Waals surface area contributed by atoms with Crippen LogP contribution in [0.5, 0.6) is 0 Å². The van der Waals surface area contributed by atoms with Gasteiger partial charge in [-0.05, 0) is 29.8 Å². The first-order valence-corrected chi connectivity index (χ1v) is 7.32. The van der Waals surface area contributed by atoms with E-state index in [1.54, 1.807) is 36.4 Å². The summed E-state index contributed by atoms with van der Waals surface area (Å²) in [5, 5.41) is 0.926. The highest BCUT2D eigenvalue weighted by Crippen LogP contribution is 2.27. The fraction of sp³-hybridized carbons (Fsp3) is 0.0769. The van der Waals surface area contributed by atoms with E-state index in [4.69, 9.17) is 28.9 Å². The van der Waals surface area contributed by atoms with Crippen molar-refractivity contribution in [2.75, 3.05) is 5.73 Å². The second-order valence-corrected chi connectivity index (χ2v) is 6.01. The summed E-state index contributed by atoms with van der Waals surface area (Å²) in [6.07, 6.45) is 0. The molecule has 0 spiro atoms. The highest BCUT2D eigenvalue weighted by atomic mass is 35.5. The molecule has 2 rings (SSSR count). The van der Waals surface area contributed by atoms with Crippen molar-refractivity contribution in [3.05, 3.63) is 58.1 Å². The summed E-state index contributed by atoms with van der Waals surface area (Å²) in [6, 6.07) is 12.3. The molecular weight excluding hydrogens is 289 g/mol. The average Bonchev–Trinajstić information content (AvgIpc) is 2.35. The van der Waals surface area contributed by atoms with E-state index in [0.717, 1.165) is 5.56 Å². The van der Waals surface area contributed by atoms with Gasteiger partial charge in [-0.15, -0.1) is 0 Å². The molecule has 0 saturated heterocycles. The van der Waals surface area contributed by atoms with Crippen molar-refractivity contribution < 1.29 is 4.21 Å². The number of halogens is 2. The number of rotatable bonds is 3. The van der Waals surface area contributed by atoms with Gasteiger partial charge in [0.15, 0.2) is 0 Å². The lowest BCUT2D eigenvalue weighted by Crippen LogP contribution is -1.98. The van der Waals surface area contributed by atoms with Crippen LogP contribution in [0, 0.1) is 0 Å². The fourth-order valence-electron chi connectivity index (χ4n) is 1.54. The van der Waals surface area contributed by atoms with Gasteiger partial charge >= 0.3 is 0 Å². The van der Waals surface area contributed by atoms with Crippen molar-refractivity contribution in [3.8, 4) is 0 Å². The predicted octanol–water partition coefficient (Wildman–Crippen LogP) is 3.88. The van der Waals surface area contributed by atoms with Gasteiger partial charge in [-0.2, -0.15) is 0 Å². The van der Waals surface area contributed by atoms with E-state index in [9.17, 15) is 4.21 Å². The van der Waals surface area contributed by atoms with Crippen molar-refractivity contribution in [2.45, 2.75) is 10.6 Å². The number of nitrogen functional groups attached to an aromatic ring is 1. The summed E-state index contributed by atoms with van der Waals surface area (Å²) in [6.45, 7) is 0. The van der Waals surface area contributed by atoms with Crippen molar-refractivity contribution in [2.24, 2.45) is 0 Å². The first-order valence-electron chi connectivity index (χ1n) is 5.25. The van der Waals surface area contributed by atoms with Crippen molar-refractivity contribution in [1.82, 2.24) is 0 Å². The van der Waals surface area contributed by atoms with Gasteiger partial charge in [0.1, 0.15) is 0 Å². The predicted molar refractivity (Wildman–Crippen MR) is 77.4 cm³/mol.